The second kappa shape index (κ2) is 5.19. The molecular formula is C21H21N3O. The molecule has 1 spiro atoms. The largest absolute Gasteiger partial charge is 0.349 e. The van der Waals surface area contributed by atoms with Crippen LogP contribution in [0.25, 0.3) is 11.0 Å². The summed E-state index contributed by atoms with van der Waals surface area (Å²) in [4.78, 5) is 17.4. The summed E-state index contributed by atoms with van der Waals surface area (Å²) >= 11 is 0. The van der Waals surface area contributed by atoms with E-state index in [9.17, 15) is 4.79 Å². The number of fused-ring (bicyclic) bond motifs is 3. The predicted octanol–water partition coefficient (Wildman–Crippen LogP) is 3.09. The number of carbonyl (C=O) groups excluding carboxylic acids is 1. The van der Waals surface area contributed by atoms with Gasteiger partial charge in [-0.15, -0.1) is 0 Å². The minimum Gasteiger partial charge on any atom is -0.349 e. The number of aryl methyl sites for hydroxylation is 2. The molecule has 2 aliphatic carbocycles. The average Bonchev–Trinajstić information content (AvgIpc) is 3.14. The minimum absolute atomic E-state index is 0.104. The van der Waals surface area contributed by atoms with Crippen molar-refractivity contribution in [3.05, 3.63) is 65.5 Å². The third-order valence-corrected chi connectivity index (χ3v) is 6.09. The Labute approximate surface area is 146 Å². The van der Waals surface area contributed by atoms with E-state index in [1.165, 1.54) is 11.1 Å². The fourth-order valence-corrected chi connectivity index (χ4v) is 4.58. The van der Waals surface area contributed by atoms with Crippen LogP contribution in [0, 0.1) is 5.92 Å². The van der Waals surface area contributed by atoms with Gasteiger partial charge < -0.3 is 9.88 Å². The molecule has 0 bridgehead atoms. The maximum Gasteiger partial charge on any atom is 0.224 e. The van der Waals surface area contributed by atoms with Gasteiger partial charge in [0.1, 0.15) is 5.82 Å². The lowest BCUT2D eigenvalue weighted by Crippen LogP contribution is -2.28. The number of hydrogen-bond acceptors (Lipinski definition) is 2. The fourth-order valence-electron chi connectivity index (χ4n) is 4.58. The summed E-state index contributed by atoms with van der Waals surface area (Å²) < 4.78 is 2.06. The molecule has 2 aromatic carbocycles. The number of rotatable bonds is 3. The second-order valence-electron chi connectivity index (χ2n) is 7.36. The second-order valence-corrected chi connectivity index (χ2v) is 7.36. The first-order valence-electron chi connectivity index (χ1n) is 8.95. The van der Waals surface area contributed by atoms with Gasteiger partial charge in [0.25, 0.3) is 0 Å². The van der Waals surface area contributed by atoms with E-state index < -0.39 is 0 Å². The van der Waals surface area contributed by atoms with Gasteiger partial charge in [-0.05, 0) is 42.5 Å². The number of amides is 1. The monoisotopic (exact) mass is 331 g/mol. The summed E-state index contributed by atoms with van der Waals surface area (Å²) in [5.41, 5.74) is 5.00. The highest BCUT2D eigenvalue weighted by Crippen LogP contribution is 2.61. The van der Waals surface area contributed by atoms with Crippen molar-refractivity contribution in [1.82, 2.24) is 14.9 Å². The third kappa shape index (κ3) is 2.13. The Balaban J connectivity index is 1.32. The lowest BCUT2D eigenvalue weighted by molar-refractivity contribution is -0.123. The molecule has 1 amide bonds. The molecule has 0 saturated heterocycles. The minimum atomic E-state index is 0.104. The molecule has 5 rings (SSSR count). The first kappa shape index (κ1) is 14.7. The first-order valence-corrected chi connectivity index (χ1v) is 8.95. The van der Waals surface area contributed by atoms with E-state index in [2.05, 4.69) is 45.2 Å². The van der Waals surface area contributed by atoms with Crippen molar-refractivity contribution in [3.63, 3.8) is 0 Å². The molecule has 0 aliphatic heterocycles. The van der Waals surface area contributed by atoms with Crippen molar-refractivity contribution in [2.75, 3.05) is 0 Å². The Hall–Kier alpha value is -2.62. The molecule has 126 valence electrons. The van der Waals surface area contributed by atoms with Crippen LogP contribution in [0.3, 0.4) is 0 Å². The smallest absolute Gasteiger partial charge is 0.224 e. The topological polar surface area (TPSA) is 46.9 Å². The Kier molecular flexibility index (Phi) is 3.05. The van der Waals surface area contributed by atoms with Gasteiger partial charge in [0.2, 0.25) is 5.91 Å². The standard InChI is InChI=1S/C21H21N3O/c1-24-18-9-5-4-8-17(18)23-19(24)13-22-20(25)16-12-21(16)11-10-14-6-2-3-7-15(14)21/h2-9,16H,10-13H2,1H3,(H,22,25)/t16-,21-/m0/s1. The average molecular weight is 331 g/mol. The van der Waals surface area contributed by atoms with Crippen molar-refractivity contribution in [3.8, 4) is 0 Å². The number of hydrogen-bond donors (Lipinski definition) is 1. The van der Waals surface area contributed by atoms with Gasteiger partial charge in [-0.25, -0.2) is 4.98 Å². The number of benzene rings is 2. The van der Waals surface area contributed by atoms with Gasteiger partial charge in [-0.3, -0.25) is 4.79 Å². The molecule has 25 heavy (non-hydrogen) atoms. The van der Waals surface area contributed by atoms with Gasteiger partial charge in [0, 0.05) is 18.4 Å². The Morgan fingerprint density at radius 3 is 2.92 bits per heavy atom. The molecule has 2 aliphatic rings. The SMILES string of the molecule is Cn1c(CNC(=O)[C@@H]2C[C@]23CCc2ccccc23)nc2ccccc21. The summed E-state index contributed by atoms with van der Waals surface area (Å²) in [6, 6.07) is 16.7. The summed E-state index contributed by atoms with van der Waals surface area (Å²) in [5.74, 6) is 1.19. The normalized spacial score (nSPS) is 23.8. The summed E-state index contributed by atoms with van der Waals surface area (Å²) in [6.45, 7) is 0.484. The molecule has 0 unspecified atom stereocenters. The van der Waals surface area contributed by atoms with Crippen molar-refractivity contribution >= 4 is 16.9 Å². The number of nitrogens with zero attached hydrogens (tertiary/aromatic N) is 2. The van der Waals surface area contributed by atoms with Crippen LogP contribution in [0.1, 0.15) is 29.8 Å². The molecule has 4 nitrogen and oxygen atoms in total. The van der Waals surface area contributed by atoms with Crippen LogP contribution in [0.4, 0.5) is 0 Å². The number of aromatic nitrogens is 2. The van der Waals surface area contributed by atoms with Gasteiger partial charge in [0.15, 0.2) is 0 Å². The summed E-state index contributed by atoms with van der Waals surface area (Å²) in [7, 11) is 2.00. The highest BCUT2D eigenvalue weighted by atomic mass is 16.2. The van der Waals surface area contributed by atoms with Crippen LogP contribution in [0.2, 0.25) is 0 Å². The lowest BCUT2D eigenvalue weighted by atomic mass is 9.95. The zero-order chi connectivity index (χ0) is 17.0. The van der Waals surface area contributed by atoms with Crippen molar-refractivity contribution < 1.29 is 4.79 Å². The van der Waals surface area contributed by atoms with Gasteiger partial charge in [0.05, 0.1) is 17.6 Å². The summed E-state index contributed by atoms with van der Waals surface area (Å²) in [6.07, 6.45) is 3.19. The highest BCUT2D eigenvalue weighted by Gasteiger charge is 2.61. The van der Waals surface area contributed by atoms with Crippen LogP contribution in [-0.4, -0.2) is 15.5 Å². The van der Waals surface area contributed by atoms with Gasteiger partial charge in [-0.1, -0.05) is 36.4 Å². The van der Waals surface area contributed by atoms with E-state index in [-0.39, 0.29) is 17.2 Å². The third-order valence-electron chi connectivity index (χ3n) is 6.09. The number of imidazole rings is 1. The van der Waals surface area contributed by atoms with Crippen LogP contribution in [-0.2, 0) is 30.2 Å². The molecule has 4 heteroatoms. The van der Waals surface area contributed by atoms with E-state index in [0.717, 1.165) is 36.1 Å². The maximum atomic E-state index is 12.7. The predicted molar refractivity (Wildman–Crippen MR) is 97.1 cm³/mol. The Morgan fingerprint density at radius 1 is 1.24 bits per heavy atom. The van der Waals surface area contributed by atoms with Crippen LogP contribution in [0.15, 0.2) is 48.5 Å². The number of nitrogens with one attached hydrogen (secondary N) is 1. The molecular weight excluding hydrogens is 310 g/mol. The van der Waals surface area contributed by atoms with Crippen LogP contribution >= 0.6 is 0 Å². The first-order chi connectivity index (χ1) is 12.2. The quantitative estimate of drug-likeness (QED) is 0.802. The van der Waals surface area contributed by atoms with Crippen LogP contribution < -0.4 is 5.32 Å². The Morgan fingerprint density at radius 2 is 2.04 bits per heavy atom. The molecule has 1 heterocycles. The zero-order valence-electron chi connectivity index (χ0n) is 14.3. The van der Waals surface area contributed by atoms with E-state index in [4.69, 9.17) is 0 Å². The molecule has 0 radical (unpaired) electrons. The molecule has 1 aromatic heterocycles. The molecule has 1 fully saturated rings. The fraction of sp³-hybridized carbons (Fsp3) is 0.333. The van der Waals surface area contributed by atoms with Crippen molar-refractivity contribution in [2.24, 2.45) is 13.0 Å². The van der Waals surface area contributed by atoms with Crippen molar-refractivity contribution in [1.29, 1.82) is 0 Å². The van der Waals surface area contributed by atoms with Crippen LogP contribution in [0.5, 0.6) is 0 Å². The molecule has 1 saturated carbocycles. The van der Waals surface area contributed by atoms with Crippen molar-refractivity contribution in [2.45, 2.75) is 31.2 Å². The molecule has 1 N–H and O–H groups in total. The highest BCUT2D eigenvalue weighted by molar-refractivity contribution is 5.85. The van der Waals surface area contributed by atoms with E-state index in [1.807, 2.05) is 25.2 Å². The lowest BCUT2D eigenvalue weighted by Gasteiger charge is -2.11. The van der Waals surface area contributed by atoms with Gasteiger partial charge in [-0.2, -0.15) is 0 Å². The Bertz CT molecular complexity index is 990. The number of carbonyl (C=O) groups is 1. The molecule has 3 aromatic rings. The summed E-state index contributed by atoms with van der Waals surface area (Å²) in [5, 5.41) is 3.12. The van der Waals surface area contributed by atoms with E-state index in [1.54, 1.807) is 0 Å². The zero-order valence-corrected chi connectivity index (χ0v) is 14.3. The maximum absolute atomic E-state index is 12.7. The molecule has 2 atom stereocenters. The number of para-hydroxylation sites is 2. The van der Waals surface area contributed by atoms with Gasteiger partial charge >= 0.3 is 0 Å². The van der Waals surface area contributed by atoms with E-state index in [0.29, 0.717) is 6.54 Å². The van der Waals surface area contributed by atoms with E-state index >= 15 is 0 Å².